The van der Waals surface area contributed by atoms with E-state index in [1.165, 1.54) is 18.7 Å². The van der Waals surface area contributed by atoms with Crippen LogP contribution in [0.1, 0.15) is 13.3 Å². The maximum atomic E-state index is 12.9. The fourth-order valence-electron chi connectivity index (χ4n) is 2.87. The summed E-state index contributed by atoms with van der Waals surface area (Å²) in [5, 5.41) is 0.917. The van der Waals surface area contributed by atoms with Gasteiger partial charge in [0.25, 0.3) is 0 Å². The summed E-state index contributed by atoms with van der Waals surface area (Å²) in [6.45, 7) is 4.59. The molecule has 1 heterocycles. The molecule has 3 aromatic rings. The summed E-state index contributed by atoms with van der Waals surface area (Å²) < 4.78 is 49.6. The van der Waals surface area contributed by atoms with Crippen LogP contribution < -0.4 is 0 Å². The van der Waals surface area contributed by atoms with E-state index in [0.717, 1.165) is 21.6 Å². The van der Waals surface area contributed by atoms with E-state index >= 15 is 0 Å². The first-order valence-electron chi connectivity index (χ1n) is 9.32. The lowest BCUT2D eigenvalue weighted by molar-refractivity contribution is -0.154. The van der Waals surface area contributed by atoms with E-state index in [1.54, 1.807) is 0 Å². The van der Waals surface area contributed by atoms with Gasteiger partial charge in [0.15, 0.2) is 0 Å². The molecule has 1 atom stereocenters. The Kier molecular flexibility index (Phi) is 6.92. The fourth-order valence-corrected chi connectivity index (χ4v) is 3.87. The van der Waals surface area contributed by atoms with Crippen LogP contribution in [0.4, 0.5) is 13.2 Å². The first-order chi connectivity index (χ1) is 14.2. The molecule has 0 fully saturated rings. The smallest absolute Gasteiger partial charge is 0.389 e. The fraction of sp³-hybridized carbons (Fsp3) is 0.261. The monoisotopic (exact) mass is 434 g/mol. The van der Waals surface area contributed by atoms with Crippen molar-refractivity contribution in [1.29, 1.82) is 0 Å². The highest BCUT2D eigenvalue weighted by molar-refractivity contribution is 7.99. The van der Waals surface area contributed by atoms with Gasteiger partial charge in [-0.25, -0.2) is 4.79 Å². The summed E-state index contributed by atoms with van der Waals surface area (Å²) in [5.41, 5.74) is 1.78. The number of fused-ring (bicyclic) bond motifs is 1. The van der Waals surface area contributed by atoms with Gasteiger partial charge in [0.1, 0.15) is 11.3 Å². The van der Waals surface area contributed by atoms with Gasteiger partial charge in [-0.2, -0.15) is 13.2 Å². The minimum absolute atomic E-state index is 0.154. The molecule has 158 valence electrons. The Bertz CT molecular complexity index is 1030. The van der Waals surface area contributed by atoms with Crippen LogP contribution in [-0.4, -0.2) is 24.5 Å². The number of ether oxygens (including phenoxy) is 1. The number of thioether (sulfide) groups is 1. The molecule has 7 heteroatoms. The van der Waals surface area contributed by atoms with Crippen LogP contribution in [0.2, 0.25) is 0 Å². The summed E-state index contributed by atoms with van der Waals surface area (Å²) in [5.74, 6) is -0.654. The minimum Gasteiger partial charge on any atom is -0.462 e. The highest BCUT2D eigenvalue weighted by atomic mass is 32.2. The lowest BCUT2D eigenvalue weighted by Crippen LogP contribution is -2.23. The minimum atomic E-state index is -4.34. The van der Waals surface area contributed by atoms with Crippen molar-refractivity contribution < 1.29 is 27.1 Å². The predicted molar refractivity (Wildman–Crippen MR) is 112 cm³/mol. The summed E-state index contributed by atoms with van der Waals surface area (Å²) in [4.78, 5) is 12.3. The maximum absolute atomic E-state index is 12.9. The number of carbonyl (C=O) groups is 1. The molecule has 0 bridgehead atoms. The third-order valence-electron chi connectivity index (χ3n) is 4.35. The van der Waals surface area contributed by atoms with E-state index in [-0.39, 0.29) is 17.9 Å². The second-order valence-electron chi connectivity index (χ2n) is 7.05. The van der Waals surface area contributed by atoms with Gasteiger partial charge in [-0.1, -0.05) is 36.9 Å². The highest BCUT2D eigenvalue weighted by Gasteiger charge is 2.32. The maximum Gasteiger partial charge on any atom is 0.389 e. The second kappa shape index (κ2) is 9.43. The number of hydrogen-bond donors (Lipinski definition) is 0. The zero-order valence-electron chi connectivity index (χ0n) is 16.4. The largest absolute Gasteiger partial charge is 0.462 e. The summed E-state index contributed by atoms with van der Waals surface area (Å²) in [6, 6.07) is 17.1. The van der Waals surface area contributed by atoms with Gasteiger partial charge in [-0.15, -0.1) is 11.8 Å². The van der Waals surface area contributed by atoms with Gasteiger partial charge < -0.3 is 9.15 Å². The molecular formula is C23H21F3O3S. The molecule has 0 aliphatic heterocycles. The number of hydrogen-bond acceptors (Lipinski definition) is 4. The van der Waals surface area contributed by atoms with E-state index in [9.17, 15) is 18.0 Å². The van der Waals surface area contributed by atoms with Crippen molar-refractivity contribution in [2.45, 2.75) is 24.4 Å². The Morgan fingerprint density at radius 2 is 1.90 bits per heavy atom. The molecule has 1 aromatic heterocycles. The predicted octanol–water partition coefficient (Wildman–Crippen LogP) is 6.88. The first-order valence-corrected chi connectivity index (χ1v) is 10.3. The molecule has 0 N–H and O–H groups in total. The van der Waals surface area contributed by atoms with Crippen molar-refractivity contribution in [3.8, 4) is 11.3 Å². The molecule has 3 nitrogen and oxygen atoms in total. The summed E-state index contributed by atoms with van der Waals surface area (Å²) in [6.07, 6.45) is -5.36. The van der Waals surface area contributed by atoms with Crippen LogP contribution in [-0.2, 0) is 9.53 Å². The zero-order chi connectivity index (χ0) is 21.7. The number of carbonyl (C=O) groups excluding carboxylic acids is 1. The molecule has 0 saturated heterocycles. The summed E-state index contributed by atoms with van der Waals surface area (Å²) in [7, 11) is 0. The lowest BCUT2D eigenvalue weighted by atomic mass is 10.1. The Labute approximate surface area is 176 Å². The van der Waals surface area contributed by atoms with Crippen LogP contribution >= 0.6 is 11.8 Å². The third kappa shape index (κ3) is 6.16. The van der Waals surface area contributed by atoms with E-state index in [4.69, 9.17) is 9.15 Å². The van der Waals surface area contributed by atoms with E-state index in [0.29, 0.717) is 5.58 Å². The Hall–Kier alpha value is -2.67. The number of furan rings is 1. The number of benzene rings is 2. The quantitative estimate of drug-likeness (QED) is 0.220. The highest BCUT2D eigenvalue weighted by Crippen LogP contribution is 2.33. The number of rotatable bonds is 8. The normalized spacial score (nSPS) is 12.7. The van der Waals surface area contributed by atoms with Gasteiger partial charge in [0.05, 0.1) is 13.0 Å². The topological polar surface area (TPSA) is 39.4 Å². The average Bonchev–Trinajstić information content (AvgIpc) is 3.12. The van der Waals surface area contributed by atoms with Crippen molar-refractivity contribution >= 4 is 28.7 Å². The van der Waals surface area contributed by atoms with Crippen molar-refractivity contribution in [3.05, 3.63) is 66.7 Å². The molecule has 2 aromatic carbocycles. The van der Waals surface area contributed by atoms with Crippen LogP contribution in [0.15, 0.2) is 76.1 Å². The van der Waals surface area contributed by atoms with Crippen molar-refractivity contribution in [2.24, 2.45) is 5.92 Å². The van der Waals surface area contributed by atoms with Crippen molar-refractivity contribution in [1.82, 2.24) is 0 Å². The SMILES string of the molecule is C=C(C)C(=O)OCC(CSc1ccc2cc(-c3ccccc3)oc2c1)CC(F)(F)F. The molecule has 1 unspecified atom stereocenters. The first kappa shape index (κ1) is 22.0. The number of halogens is 3. The van der Waals surface area contributed by atoms with Crippen molar-refractivity contribution in [3.63, 3.8) is 0 Å². The standard InChI is InChI=1S/C23H21F3O3S/c1-15(2)22(27)28-13-16(12-23(24,25)26)14-30-19-9-8-18-10-20(29-21(18)11-19)17-6-4-3-5-7-17/h3-11,16H,1,12-14H2,2H3. The second-order valence-corrected chi connectivity index (χ2v) is 8.14. The third-order valence-corrected chi connectivity index (χ3v) is 5.58. The van der Waals surface area contributed by atoms with Gasteiger partial charge in [-0.3, -0.25) is 0 Å². The molecule has 0 radical (unpaired) electrons. The zero-order valence-corrected chi connectivity index (χ0v) is 17.2. The van der Waals surface area contributed by atoms with Crippen LogP contribution in [0.25, 0.3) is 22.3 Å². The van der Waals surface area contributed by atoms with E-state index in [1.807, 2.05) is 54.6 Å². The number of esters is 1. The molecule has 30 heavy (non-hydrogen) atoms. The molecule has 3 rings (SSSR count). The molecule has 0 aliphatic carbocycles. The van der Waals surface area contributed by atoms with Crippen LogP contribution in [0.5, 0.6) is 0 Å². The van der Waals surface area contributed by atoms with E-state index in [2.05, 4.69) is 6.58 Å². The lowest BCUT2D eigenvalue weighted by Gasteiger charge is -2.18. The van der Waals surface area contributed by atoms with Crippen LogP contribution in [0, 0.1) is 5.92 Å². The molecule has 0 spiro atoms. The molecule has 0 amide bonds. The molecular weight excluding hydrogens is 413 g/mol. The van der Waals surface area contributed by atoms with Crippen molar-refractivity contribution in [2.75, 3.05) is 12.4 Å². The number of alkyl halides is 3. The van der Waals surface area contributed by atoms with Gasteiger partial charge in [-0.05, 0) is 31.2 Å². The van der Waals surface area contributed by atoms with Gasteiger partial charge in [0.2, 0.25) is 0 Å². The average molecular weight is 434 g/mol. The Morgan fingerprint density at radius 3 is 2.57 bits per heavy atom. The molecule has 0 aliphatic rings. The summed E-state index contributed by atoms with van der Waals surface area (Å²) >= 11 is 1.28. The Morgan fingerprint density at radius 1 is 1.17 bits per heavy atom. The molecule has 0 saturated carbocycles. The van der Waals surface area contributed by atoms with Gasteiger partial charge >= 0.3 is 12.1 Å². The van der Waals surface area contributed by atoms with Crippen LogP contribution in [0.3, 0.4) is 0 Å². The van der Waals surface area contributed by atoms with Gasteiger partial charge in [0, 0.05) is 33.1 Å². The van der Waals surface area contributed by atoms with E-state index < -0.39 is 24.5 Å². The Balaban J connectivity index is 1.69.